The molecule has 0 aliphatic carbocycles. The zero-order valence-electron chi connectivity index (χ0n) is 25.8. The Bertz CT molecular complexity index is 1650. The monoisotopic (exact) mass is 633 g/mol. The molecule has 1 amide bonds. The number of halogens is 3. The third-order valence-electron chi connectivity index (χ3n) is 7.81. The predicted molar refractivity (Wildman–Crippen MR) is 169 cm³/mol. The largest absolute Gasteiger partial charge is 0.444 e. The van der Waals surface area contributed by atoms with Crippen molar-refractivity contribution in [1.82, 2.24) is 19.4 Å². The molecule has 12 heteroatoms. The molecule has 2 aliphatic heterocycles. The van der Waals surface area contributed by atoms with E-state index in [0.29, 0.717) is 42.3 Å². The van der Waals surface area contributed by atoms with Gasteiger partial charge in [0.15, 0.2) is 0 Å². The van der Waals surface area contributed by atoms with Crippen molar-refractivity contribution >= 4 is 46.2 Å². The second kappa shape index (κ2) is 11.6. The van der Waals surface area contributed by atoms with Crippen molar-refractivity contribution < 1.29 is 18.3 Å². The molecular formula is C31H38ClF2N5O3S. The van der Waals surface area contributed by atoms with Crippen LogP contribution in [0.15, 0.2) is 27.9 Å². The summed E-state index contributed by atoms with van der Waals surface area (Å²) in [7, 11) is 3.90. The smallest absolute Gasteiger partial charge is 0.410 e. The third-order valence-corrected chi connectivity index (χ3v) is 9.33. The molecule has 0 spiro atoms. The fraction of sp³-hybridized carbons (Fsp3) is 0.516. The number of piperazine rings is 1. The van der Waals surface area contributed by atoms with Gasteiger partial charge in [-0.3, -0.25) is 9.47 Å². The van der Waals surface area contributed by atoms with Crippen LogP contribution in [0, 0.1) is 18.6 Å². The maximum atomic E-state index is 15.3. The molecule has 3 heterocycles. The summed E-state index contributed by atoms with van der Waals surface area (Å²) in [5, 5.41) is 0.596. The van der Waals surface area contributed by atoms with Crippen LogP contribution in [0.2, 0.25) is 5.02 Å². The first-order chi connectivity index (χ1) is 20.1. The van der Waals surface area contributed by atoms with Gasteiger partial charge in [-0.2, -0.15) is 4.98 Å². The van der Waals surface area contributed by atoms with Gasteiger partial charge in [0.25, 0.3) is 0 Å². The van der Waals surface area contributed by atoms with Gasteiger partial charge < -0.3 is 14.5 Å². The van der Waals surface area contributed by atoms with Gasteiger partial charge in [0.2, 0.25) is 0 Å². The van der Waals surface area contributed by atoms with E-state index in [0.717, 1.165) is 21.9 Å². The molecule has 0 unspecified atom stereocenters. The van der Waals surface area contributed by atoms with Crippen LogP contribution in [0.3, 0.4) is 0 Å². The first-order valence-electron chi connectivity index (χ1n) is 14.4. The van der Waals surface area contributed by atoms with E-state index in [2.05, 4.69) is 9.88 Å². The average Bonchev–Trinajstić information content (AvgIpc) is 2.87. The molecule has 3 atom stereocenters. The molecule has 2 aliphatic rings. The van der Waals surface area contributed by atoms with Crippen LogP contribution in [0.5, 0.6) is 0 Å². The molecule has 232 valence electrons. The molecule has 1 fully saturated rings. The molecule has 8 nitrogen and oxygen atoms in total. The summed E-state index contributed by atoms with van der Waals surface area (Å²) in [6.07, 6.45) is -0.375. The van der Waals surface area contributed by atoms with Gasteiger partial charge in [-0.1, -0.05) is 11.6 Å². The summed E-state index contributed by atoms with van der Waals surface area (Å²) in [4.78, 5) is 38.1. The van der Waals surface area contributed by atoms with E-state index in [1.165, 1.54) is 6.07 Å². The normalized spacial score (nSPS) is 20.7. The highest BCUT2D eigenvalue weighted by Gasteiger charge is 2.38. The van der Waals surface area contributed by atoms with E-state index < -0.39 is 22.9 Å². The molecule has 1 aromatic heterocycles. The number of thioether (sulfide) groups is 1. The number of hydrogen-bond acceptors (Lipinski definition) is 7. The second-order valence-corrected chi connectivity index (χ2v) is 14.3. The van der Waals surface area contributed by atoms with E-state index in [-0.39, 0.29) is 34.8 Å². The molecule has 0 bridgehead atoms. The minimum atomic E-state index is -0.828. The molecule has 5 rings (SSSR count). The Labute approximate surface area is 259 Å². The fourth-order valence-electron chi connectivity index (χ4n) is 6.24. The first-order valence-corrected chi connectivity index (χ1v) is 15.7. The maximum absolute atomic E-state index is 15.3. The summed E-state index contributed by atoms with van der Waals surface area (Å²) in [6.45, 7) is 12.8. The first kappa shape index (κ1) is 31.5. The number of benzene rings is 2. The molecule has 43 heavy (non-hydrogen) atoms. The SMILES string of the molecule is Cc1cc2c(N3C[C@@H](C)N(C(=O)OC(C)(C)C)[C@@H](C)C3)nc(=O)n3c2c(c1-c1cc(Cl)c(F)cc1F)SC[C@@H]3CN(C)C. The van der Waals surface area contributed by atoms with Crippen LogP contribution in [0.1, 0.15) is 46.2 Å². The van der Waals surface area contributed by atoms with Crippen LogP contribution >= 0.6 is 23.4 Å². The molecule has 0 saturated carbocycles. The Kier molecular flexibility index (Phi) is 8.47. The summed E-state index contributed by atoms with van der Waals surface area (Å²) < 4.78 is 36.8. The van der Waals surface area contributed by atoms with Crippen molar-refractivity contribution in [2.24, 2.45) is 0 Å². The lowest BCUT2D eigenvalue weighted by Crippen LogP contribution is -2.60. The van der Waals surface area contributed by atoms with Crippen molar-refractivity contribution in [1.29, 1.82) is 0 Å². The molecule has 3 aromatic rings. The zero-order chi connectivity index (χ0) is 31.5. The maximum Gasteiger partial charge on any atom is 0.410 e. The summed E-state index contributed by atoms with van der Waals surface area (Å²) in [6, 6.07) is 3.45. The number of ether oxygens (including phenoxy) is 1. The number of anilines is 1. The Morgan fingerprint density at radius 2 is 1.79 bits per heavy atom. The van der Waals surface area contributed by atoms with E-state index in [4.69, 9.17) is 16.3 Å². The Morgan fingerprint density at radius 3 is 2.40 bits per heavy atom. The number of likely N-dealkylation sites (N-methyl/N-ethyl adjacent to an activating group) is 1. The number of carbonyl (C=O) groups is 1. The Hall–Kier alpha value is -2.89. The van der Waals surface area contributed by atoms with Gasteiger partial charge in [-0.25, -0.2) is 18.4 Å². The lowest BCUT2D eigenvalue weighted by Gasteiger charge is -2.45. The minimum absolute atomic E-state index is 0.164. The molecular weight excluding hydrogens is 596 g/mol. The van der Waals surface area contributed by atoms with E-state index in [1.54, 1.807) is 21.2 Å². The van der Waals surface area contributed by atoms with E-state index in [1.807, 2.05) is 66.6 Å². The fourth-order valence-corrected chi connectivity index (χ4v) is 7.77. The van der Waals surface area contributed by atoms with Gasteiger partial charge in [-0.05, 0) is 73.3 Å². The van der Waals surface area contributed by atoms with Crippen LogP contribution < -0.4 is 10.6 Å². The summed E-state index contributed by atoms with van der Waals surface area (Å²) >= 11 is 7.67. The van der Waals surface area contributed by atoms with Crippen molar-refractivity contribution in [2.45, 2.75) is 70.2 Å². The molecule has 0 N–H and O–H groups in total. The minimum Gasteiger partial charge on any atom is -0.444 e. The molecule has 0 radical (unpaired) electrons. The third kappa shape index (κ3) is 5.95. The van der Waals surface area contributed by atoms with Crippen LogP contribution in [-0.4, -0.2) is 82.6 Å². The van der Waals surface area contributed by atoms with Crippen molar-refractivity contribution in [3.63, 3.8) is 0 Å². The Balaban J connectivity index is 1.69. The van der Waals surface area contributed by atoms with Crippen molar-refractivity contribution in [3.05, 3.63) is 50.9 Å². The van der Waals surface area contributed by atoms with Crippen LogP contribution in [-0.2, 0) is 4.74 Å². The zero-order valence-corrected chi connectivity index (χ0v) is 27.4. The lowest BCUT2D eigenvalue weighted by atomic mass is 9.96. The highest BCUT2D eigenvalue weighted by molar-refractivity contribution is 7.99. The topological polar surface area (TPSA) is 70.9 Å². The molecule has 2 aromatic carbocycles. The van der Waals surface area contributed by atoms with Gasteiger partial charge in [0.05, 0.1) is 28.7 Å². The lowest BCUT2D eigenvalue weighted by molar-refractivity contribution is 0.00561. The summed E-state index contributed by atoms with van der Waals surface area (Å²) in [5.74, 6) is -0.443. The number of nitrogens with zero attached hydrogens (tertiary/aromatic N) is 5. The predicted octanol–water partition coefficient (Wildman–Crippen LogP) is 6.35. The van der Waals surface area contributed by atoms with Crippen molar-refractivity contribution in [2.75, 3.05) is 44.4 Å². The highest BCUT2D eigenvalue weighted by atomic mass is 35.5. The van der Waals surface area contributed by atoms with Gasteiger partial charge in [0, 0.05) is 52.9 Å². The number of hydrogen-bond donors (Lipinski definition) is 0. The highest BCUT2D eigenvalue weighted by Crippen LogP contribution is 2.47. The summed E-state index contributed by atoms with van der Waals surface area (Å²) in [5.41, 5.74) is 1.19. The number of rotatable bonds is 4. The van der Waals surface area contributed by atoms with Gasteiger partial charge in [0.1, 0.15) is 23.1 Å². The Morgan fingerprint density at radius 1 is 1.14 bits per heavy atom. The number of aryl methyl sites for hydroxylation is 1. The average molecular weight is 634 g/mol. The molecule has 1 saturated heterocycles. The quantitative estimate of drug-likeness (QED) is 0.310. The van der Waals surface area contributed by atoms with E-state index >= 15 is 4.39 Å². The standard InChI is InChI=1S/C31H38ClF2N5O3S/c1-16-9-21-26-27(25(16)20-10-22(32)24(34)11-23(20)33)43-15-19(14-36(7)8)39(26)29(40)35-28(21)37-12-17(2)38(18(3)13-37)30(41)42-31(4,5)6/h9-11,17-19H,12-15H2,1-8H3/t17-,18+,19-/m0/s1. The van der Waals surface area contributed by atoms with E-state index in [9.17, 15) is 14.0 Å². The second-order valence-electron chi connectivity index (χ2n) is 12.8. The van der Waals surface area contributed by atoms with Crippen molar-refractivity contribution in [3.8, 4) is 11.1 Å². The number of aromatic nitrogens is 2. The van der Waals surface area contributed by atoms with Crippen LogP contribution in [0.4, 0.5) is 19.4 Å². The van der Waals surface area contributed by atoms with Crippen LogP contribution in [0.25, 0.3) is 22.0 Å². The number of amides is 1. The van der Waals surface area contributed by atoms with Gasteiger partial charge in [-0.15, -0.1) is 11.8 Å². The van der Waals surface area contributed by atoms with Gasteiger partial charge >= 0.3 is 11.8 Å². The number of carbonyl (C=O) groups excluding carboxylic acids is 1.